The highest BCUT2D eigenvalue weighted by molar-refractivity contribution is 5.76. The summed E-state index contributed by atoms with van der Waals surface area (Å²) in [5.41, 5.74) is 0.265. The van der Waals surface area contributed by atoms with E-state index in [-0.39, 0.29) is 17.9 Å². The molecule has 4 rings (SSSR count). The van der Waals surface area contributed by atoms with Crippen molar-refractivity contribution in [3.63, 3.8) is 0 Å². The van der Waals surface area contributed by atoms with Gasteiger partial charge in [0.2, 0.25) is 0 Å². The van der Waals surface area contributed by atoms with Crippen molar-refractivity contribution in [2.75, 3.05) is 51.3 Å². The number of urea groups is 1. The van der Waals surface area contributed by atoms with Gasteiger partial charge < -0.3 is 24.2 Å². The van der Waals surface area contributed by atoms with Crippen LogP contribution in [-0.4, -0.2) is 68.3 Å². The van der Waals surface area contributed by atoms with Crippen molar-refractivity contribution in [2.24, 2.45) is 0 Å². The number of carbonyl (C=O) groups excluding carboxylic acids is 1. The predicted octanol–water partition coefficient (Wildman–Crippen LogP) is 3.72. The van der Waals surface area contributed by atoms with Gasteiger partial charge in [0.1, 0.15) is 17.6 Å². The van der Waals surface area contributed by atoms with E-state index in [0.717, 1.165) is 23.6 Å². The molecule has 0 radical (unpaired) electrons. The van der Waals surface area contributed by atoms with Crippen molar-refractivity contribution in [2.45, 2.75) is 12.3 Å². The van der Waals surface area contributed by atoms with Gasteiger partial charge in [0, 0.05) is 26.2 Å². The highest BCUT2D eigenvalue weighted by Crippen LogP contribution is 2.32. The summed E-state index contributed by atoms with van der Waals surface area (Å²) in [6.45, 7) is 3.30. The molecule has 0 atom stereocenters. The average Bonchev–Trinajstić information content (AvgIpc) is 2.75. The second-order valence-corrected chi connectivity index (χ2v) is 7.60. The number of likely N-dealkylation sites (tertiary alicyclic amines) is 1. The largest absolute Gasteiger partial charge is 0.495 e. The standard InChI is InChI=1S/C22H24F3N3O3/c1-30-20-8-3-2-7-19(20)26-9-11-27(12-10-26)21(29)28-14-18(15-28)31-17-6-4-5-16(13-17)22(23,24)25/h2-8,13,18H,9-12,14-15H2,1H3. The molecule has 2 aromatic rings. The van der Waals surface area contributed by atoms with Crippen LogP contribution in [0.1, 0.15) is 5.56 Å². The number of alkyl halides is 3. The molecule has 2 heterocycles. The van der Waals surface area contributed by atoms with Gasteiger partial charge in [-0.2, -0.15) is 13.2 Å². The molecule has 0 aliphatic carbocycles. The van der Waals surface area contributed by atoms with E-state index in [9.17, 15) is 18.0 Å². The van der Waals surface area contributed by atoms with Gasteiger partial charge in [-0.3, -0.25) is 0 Å². The minimum absolute atomic E-state index is 0.0661. The van der Waals surface area contributed by atoms with E-state index in [0.29, 0.717) is 39.3 Å². The number of amides is 2. The number of carbonyl (C=O) groups is 1. The fourth-order valence-corrected chi connectivity index (χ4v) is 3.84. The van der Waals surface area contributed by atoms with Crippen LogP contribution in [0.4, 0.5) is 23.7 Å². The SMILES string of the molecule is COc1ccccc1N1CCN(C(=O)N2CC(Oc3cccc(C(F)(F)F)c3)C2)CC1. The molecule has 0 spiro atoms. The van der Waals surface area contributed by atoms with Gasteiger partial charge in [0.15, 0.2) is 0 Å². The normalized spacial score (nSPS) is 17.4. The molecule has 9 heteroatoms. The first-order valence-corrected chi connectivity index (χ1v) is 10.1. The van der Waals surface area contributed by atoms with E-state index in [4.69, 9.17) is 9.47 Å². The number of ether oxygens (including phenoxy) is 2. The molecule has 2 aromatic carbocycles. The van der Waals surface area contributed by atoms with Gasteiger partial charge in [0.25, 0.3) is 0 Å². The van der Waals surface area contributed by atoms with Gasteiger partial charge >= 0.3 is 12.2 Å². The van der Waals surface area contributed by atoms with Gasteiger partial charge in [0.05, 0.1) is 31.5 Å². The molecule has 2 aliphatic rings. The smallest absolute Gasteiger partial charge is 0.416 e. The summed E-state index contributed by atoms with van der Waals surface area (Å²) in [5.74, 6) is 0.969. The first kappa shape index (κ1) is 21.1. The minimum Gasteiger partial charge on any atom is -0.495 e. The molecule has 6 nitrogen and oxygen atoms in total. The molecule has 0 aromatic heterocycles. The van der Waals surface area contributed by atoms with Gasteiger partial charge in [-0.1, -0.05) is 18.2 Å². The molecule has 166 valence electrons. The third-order valence-corrected chi connectivity index (χ3v) is 5.56. The third kappa shape index (κ3) is 4.65. The zero-order valence-electron chi connectivity index (χ0n) is 17.1. The van der Waals surface area contributed by atoms with Crippen molar-refractivity contribution < 1.29 is 27.4 Å². The fraction of sp³-hybridized carbons (Fsp3) is 0.409. The number of para-hydroxylation sites is 2. The topological polar surface area (TPSA) is 45.2 Å². The average molecular weight is 435 g/mol. The summed E-state index contributed by atoms with van der Waals surface area (Å²) < 4.78 is 49.5. The molecule has 31 heavy (non-hydrogen) atoms. The summed E-state index contributed by atoms with van der Waals surface area (Å²) in [4.78, 5) is 18.4. The van der Waals surface area contributed by atoms with Crippen LogP contribution in [0.5, 0.6) is 11.5 Å². The Bertz CT molecular complexity index is 923. The molecule has 0 unspecified atom stereocenters. The van der Waals surface area contributed by atoms with Crippen molar-refractivity contribution in [1.82, 2.24) is 9.80 Å². The molecule has 2 aliphatic heterocycles. The van der Waals surface area contributed by atoms with Crippen LogP contribution >= 0.6 is 0 Å². The van der Waals surface area contributed by atoms with E-state index < -0.39 is 11.7 Å². The first-order chi connectivity index (χ1) is 14.8. The minimum atomic E-state index is -4.41. The maximum absolute atomic E-state index is 12.8. The molecular weight excluding hydrogens is 411 g/mol. The van der Waals surface area contributed by atoms with Crippen molar-refractivity contribution in [3.05, 3.63) is 54.1 Å². The van der Waals surface area contributed by atoms with Crippen molar-refractivity contribution in [1.29, 1.82) is 0 Å². The van der Waals surface area contributed by atoms with Gasteiger partial charge in [-0.15, -0.1) is 0 Å². The van der Waals surface area contributed by atoms with E-state index in [1.165, 1.54) is 12.1 Å². The second-order valence-electron chi connectivity index (χ2n) is 7.60. The summed E-state index contributed by atoms with van der Waals surface area (Å²) >= 11 is 0. The number of nitrogens with zero attached hydrogens (tertiary/aromatic N) is 3. The van der Waals surface area contributed by atoms with E-state index >= 15 is 0 Å². The zero-order valence-corrected chi connectivity index (χ0v) is 17.1. The predicted molar refractivity (Wildman–Crippen MR) is 110 cm³/mol. The van der Waals surface area contributed by atoms with Gasteiger partial charge in [-0.05, 0) is 30.3 Å². The van der Waals surface area contributed by atoms with E-state index in [1.54, 1.807) is 16.9 Å². The van der Waals surface area contributed by atoms with Crippen molar-refractivity contribution >= 4 is 11.7 Å². The number of anilines is 1. The quantitative estimate of drug-likeness (QED) is 0.735. The van der Waals surface area contributed by atoms with Crippen molar-refractivity contribution in [3.8, 4) is 11.5 Å². The number of rotatable bonds is 4. The highest BCUT2D eigenvalue weighted by atomic mass is 19.4. The molecule has 0 bridgehead atoms. The Morgan fingerprint density at radius 1 is 0.968 bits per heavy atom. The Morgan fingerprint density at radius 3 is 2.35 bits per heavy atom. The van der Waals surface area contributed by atoms with E-state index in [2.05, 4.69) is 4.90 Å². The lowest BCUT2D eigenvalue weighted by Gasteiger charge is -2.44. The molecule has 2 amide bonds. The summed E-state index contributed by atoms with van der Waals surface area (Å²) in [6, 6.07) is 12.5. The molecular formula is C22H24F3N3O3. The zero-order chi connectivity index (χ0) is 22.0. The number of halogens is 3. The number of hydrogen-bond donors (Lipinski definition) is 0. The van der Waals surface area contributed by atoms with Crippen LogP contribution in [0.15, 0.2) is 48.5 Å². The molecule has 0 saturated carbocycles. The first-order valence-electron chi connectivity index (χ1n) is 10.1. The fourth-order valence-electron chi connectivity index (χ4n) is 3.84. The Morgan fingerprint density at radius 2 is 1.68 bits per heavy atom. The van der Waals surface area contributed by atoms with Crippen LogP contribution < -0.4 is 14.4 Å². The molecule has 2 fully saturated rings. The van der Waals surface area contributed by atoms with Crippen LogP contribution in [0.3, 0.4) is 0 Å². The number of piperazine rings is 1. The summed E-state index contributed by atoms with van der Waals surface area (Å²) in [7, 11) is 1.64. The highest BCUT2D eigenvalue weighted by Gasteiger charge is 2.36. The number of hydrogen-bond acceptors (Lipinski definition) is 4. The molecule has 0 N–H and O–H groups in total. The summed E-state index contributed by atoms with van der Waals surface area (Å²) in [5, 5.41) is 0. The number of methoxy groups -OCH3 is 1. The Kier molecular flexibility index (Phi) is 5.84. The monoisotopic (exact) mass is 435 g/mol. The lowest BCUT2D eigenvalue weighted by molar-refractivity contribution is -0.137. The van der Waals surface area contributed by atoms with Gasteiger partial charge in [-0.25, -0.2) is 4.79 Å². The lowest BCUT2D eigenvalue weighted by Crippen LogP contribution is -2.61. The maximum Gasteiger partial charge on any atom is 0.416 e. The van der Waals surface area contributed by atoms with E-state index in [1.807, 2.05) is 24.3 Å². The molecule has 2 saturated heterocycles. The second kappa shape index (κ2) is 8.56. The Hall–Kier alpha value is -3.10. The van der Waals surface area contributed by atoms with Crippen LogP contribution in [0, 0.1) is 0 Å². The maximum atomic E-state index is 12.8. The van der Waals surface area contributed by atoms with Crippen LogP contribution in [0.2, 0.25) is 0 Å². The van der Waals surface area contributed by atoms with Crippen LogP contribution in [-0.2, 0) is 6.18 Å². The Labute approximate surface area is 178 Å². The lowest BCUT2D eigenvalue weighted by atomic mass is 10.1. The number of benzene rings is 2. The summed E-state index contributed by atoms with van der Waals surface area (Å²) in [6.07, 6.45) is -4.71. The Balaban J connectivity index is 1.26. The van der Waals surface area contributed by atoms with Crippen LogP contribution in [0.25, 0.3) is 0 Å². The third-order valence-electron chi connectivity index (χ3n) is 5.56.